The highest BCUT2D eigenvalue weighted by atomic mass is 79.9. The highest BCUT2D eigenvalue weighted by Crippen LogP contribution is 2.18. The van der Waals surface area contributed by atoms with Gasteiger partial charge in [0.05, 0.1) is 11.0 Å². The predicted octanol–water partition coefficient (Wildman–Crippen LogP) is 2.19. The first kappa shape index (κ1) is 16.4. The van der Waals surface area contributed by atoms with E-state index in [4.69, 9.17) is 18.0 Å². The molecule has 1 amide bonds. The summed E-state index contributed by atoms with van der Waals surface area (Å²) in [6.45, 7) is 7.00. The van der Waals surface area contributed by atoms with Gasteiger partial charge in [0.15, 0.2) is 0 Å². The Labute approximate surface area is 139 Å². The number of carbonyl (C=O) groups excluding carboxylic acids is 1. The van der Waals surface area contributed by atoms with Crippen molar-refractivity contribution in [2.24, 2.45) is 5.73 Å². The first-order valence-corrected chi connectivity index (χ1v) is 8.19. The fourth-order valence-corrected chi connectivity index (χ4v) is 3.15. The third-order valence-electron chi connectivity index (χ3n) is 3.98. The average Bonchev–Trinajstić information content (AvgIpc) is 2.46. The van der Waals surface area contributed by atoms with Gasteiger partial charge in [0, 0.05) is 36.2 Å². The van der Waals surface area contributed by atoms with Gasteiger partial charge in [-0.1, -0.05) is 28.1 Å². The molecule has 0 aromatic heterocycles. The maximum atomic E-state index is 12.6. The number of amides is 1. The molecule has 1 saturated heterocycles. The minimum absolute atomic E-state index is 0.0895. The van der Waals surface area contributed by atoms with Crippen LogP contribution in [-0.4, -0.2) is 52.9 Å². The maximum Gasteiger partial charge on any atom is 0.254 e. The summed E-state index contributed by atoms with van der Waals surface area (Å²) in [5, 5.41) is 0. The highest BCUT2D eigenvalue weighted by Gasteiger charge is 2.26. The fraction of sp³-hybridized carbons (Fsp3) is 0.467. The van der Waals surface area contributed by atoms with Crippen molar-refractivity contribution in [1.82, 2.24) is 9.80 Å². The maximum absolute atomic E-state index is 12.6. The van der Waals surface area contributed by atoms with E-state index in [1.807, 2.05) is 36.9 Å². The van der Waals surface area contributed by atoms with E-state index >= 15 is 0 Å². The number of nitrogens with two attached hydrogens (primary N) is 1. The van der Waals surface area contributed by atoms with E-state index in [0.717, 1.165) is 28.7 Å². The van der Waals surface area contributed by atoms with Gasteiger partial charge in [-0.25, -0.2) is 0 Å². The quantitative estimate of drug-likeness (QED) is 0.829. The number of nitrogens with zero attached hydrogens (tertiary/aromatic N) is 2. The third kappa shape index (κ3) is 3.81. The molecule has 0 radical (unpaired) electrons. The molecule has 0 saturated carbocycles. The van der Waals surface area contributed by atoms with Gasteiger partial charge in [0.1, 0.15) is 0 Å². The molecule has 2 rings (SSSR count). The molecule has 6 heteroatoms. The lowest BCUT2D eigenvalue weighted by molar-refractivity contribution is 0.0621. The largest absolute Gasteiger partial charge is 0.392 e. The number of benzene rings is 1. The number of halogens is 1. The molecule has 1 atom stereocenters. The molecule has 21 heavy (non-hydrogen) atoms. The van der Waals surface area contributed by atoms with Crippen molar-refractivity contribution >= 4 is 39.0 Å². The standard InChI is InChI=1S/C15H20BrN3OS/c1-10-9-12(16)3-4-13(10)15(20)19-7-5-18(6-8-19)11(2)14(17)21/h3-4,9,11H,5-8H2,1-2H3,(H2,17,21). The van der Waals surface area contributed by atoms with Crippen molar-refractivity contribution in [1.29, 1.82) is 0 Å². The molecule has 1 heterocycles. The summed E-state index contributed by atoms with van der Waals surface area (Å²) in [5.74, 6) is 0.0997. The molecule has 4 nitrogen and oxygen atoms in total. The Morgan fingerprint density at radius 1 is 1.33 bits per heavy atom. The Morgan fingerprint density at radius 2 is 1.95 bits per heavy atom. The molecule has 1 aromatic rings. The second-order valence-electron chi connectivity index (χ2n) is 5.37. The number of hydrogen-bond acceptors (Lipinski definition) is 3. The van der Waals surface area contributed by atoms with Gasteiger partial charge in [0.25, 0.3) is 5.91 Å². The number of aryl methyl sites for hydroxylation is 1. The summed E-state index contributed by atoms with van der Waals surface area (Å²) in [5.41, 5.74) is 7.46. The van der Waals surface area contributed by atoms with Gasteiger partial charge in [-0.3, -0.25) is 9.69 Å². The first-order chi connectivity index (χ1) is 9.90. The van der Waals surface area contributed by atoms with Crippen LogP contribution in [0.3, 0.4) is 0 Å². The van der Waals surface area contributed by atoms with Crippen LogP contribution >= 0.6 is 28.1 Å². The van der Waals surface area contributed by atoms with E-state index in [1.54, 1.807) is 0 Å². The number of rotatable bonds is 3. The van der Waals surface area contributed by atoms with Crippen LogP contribution in [0.5, 0.6) is 0 Å². The van der Waals surface area contributed by atoms with Crippen LogP contribution in [0.15, 0.2) is 22.7 Å². The van der Waals surface area contributed by atoms with Crippen LogP contribution < -0.4 is 5.73 Å². The van der Waals surface area contributed by atoms with Gasteiger partial charge < -0.3 is 10.6 Å². The van der Waals surface area contributed by atoms with Crippen LogP contribution in [0.2, 0.25) is 0 Å². The van der Waals surface area contributed by atoms with E-state index in [0.29, 0.717) is 18.1 Å². The minimum atomic E-state index is 0.0895. The lowest BCUT2D eigenvalue weighted by Crippen LogP contribution is -2.54. The Hall–Kier alpha value is -0.980. The molecule has 2 N–H and O–H groups in total. The summed E-state index contributed by atoms with van der Waals surface area (Å²) in [4.78, 5) is 17.2. The molecule has 1 aromatic carbocycles. The normalized spacial score (nSPS) is 17.6. The van der Waals surface area contributed by atoms with Crippen molar-refractivity contribution in [2.45, 2.75) is 19.9 Å². The highest BCUT2D eigenvalue weighted by molar-refractivity contribution is 9.10. The lowest BCUT2D eigenvalue weighted by Gasteiger charge is -2.37. The van der Waals surface area contributed by atoms with Gasteiger partial charge in [-0.05, 0) is 37.6 Å². The molecule has 1 fully saturated rings. The van der Waals surface area contributed by atoms with E-state index < -0.39 is 0 Å². The van der Waals surface area contributed by atoms with Crippen molar-refractivity contribution in [3.8, 4) is 0 Å². The summed E-state index contributed by atoms with van der Waals surface area (Å²) >= 11 is 8.46. The summed E-state index contributed by atoms with van der Waals surface area (Å²) < 4.78 is 0.992. The van der Waals surface area contributed by atoms with E-state index in [2.05, 4.69) is 20.8 Å². The zero-order chi connectivity index (χ0) is 15.6. The monoisotopic (exact) mass is 369 g/mol. The van der Waals surface area contributed by atoms with E-state index in [-0.39, 0.29) is 11.9 Å². The Bertz CT molecular complexity index is 556. The molecule has 1 aliphatic rings. The fourth-order valence-electron chi connectivity index (χ4n) is 2.53. The van der Waals surface area contributed by atoms with Crippen molar-refractivity contribution < 1.29 is 4.79 Å². The minimum Gasteiger partial charge on any atom is -0.392 e. The van der Waals surface area contributed by atoms with E-state index in [9.17, 15) is 4.79 Å². The Balaban J connectivity index is 2.02. The van der Waals surface area contributed by atoms with Crippen LogP contribution in [0.25, 0.3) is 0 Å². The van der Waals surface area contributed by atoms with Crippen molar-refractivity contribution in [3.05, 3.63) is 33.8 Å². The SMILES string of the molecule is Cc1cc(Br)ccc1C(=O)N1CCN(C(C)C(N)=S)CC1. The van der Waals surface area contributed by atoms with Gasteiger partial charge in [0.2, 0.25) is 0 Å². The molecule has 0 bridgehead atoms. The van der Waals surface area contributed by atoms with Crippen LogP contribution in [0, 0.1) is 6.92 Å². The third-order valence-corrected chi connectivity index (χ3v) is 4.81. The zero-order valence-electron chi connectivity index (χ0n) is 12.3. The Morgan fingerprint density at radius 3 is 2.48 bits per heavy atom. The number of thiocarbonyl (C=S) groups is 1. The summed E-state index contributed by atoms with van der Waals surface area (Å²) in [6.07, 6.45) is 0. The Kier molecular flexibility index (Phi) is 5.35. The molecular weight excluding hydrogens is 350 g/mol. The van der Waals surface area contributed by atoms with Gasteiger partial charge in [-0.2, -0.15) is 0 Å². The molecule has 0 aliphatic carbocycles. The molecule has 0 spiro atoms. The number of hydrogen-bond donors (Lipinski definition) is 1. The second-order valence-corrected chi connectivity index (χ2v) is 6.75. The van der Waals surface area contributed by atoms with Gasteiger partial charge in [-0.15, -0.1) is 0 Å². The summed E-state index contributed by atoms with van der Waals surface area (Å²) in [7, 11) is 0. The van der Waals surface area contributed by atoms with Crippen LogP contribution in [0.1, 0.15) is 22.8 Å². The summed E-state index contributed by atoms with van der Waals surface area (Å²) in [6, 6.07) is 5.85. The van der Waals surface area contributed by atoms with E-state index in [1.165, 1.54) is 0 Å². The topological polar surface area (TPSA) is 49.6 Å². The zero-order valence-corrected chi connectivity index (χ0v) is 14.7. The molecular formula is C15H20BrN3OS. The molecule has 1 unspecified atom stereocenters. The lowest BCUT2D eigenvalue weighted by atomic mass is 10.1. The number of carbonyl (C=O) groups is 1. The number of piperazine rings is 1. The second kappa shape index (κ2) is 6.85. The van der Waals surface area contributed by atoms with Gasteiger partial charge >= 0.3 is 0 Å². The first-order valence-electron chi connectivity index (χ1n) is 6.99. The molecule has 1 aliphatic heterocycles. The molecule has 114 valence electrons. The smallest absolute Gasteiger partial charge is 0.254 e. The van der Waals surface area contributed by atoms with Crippen molar-refractivity contribution in [2.75, 3.05) is 26.2 Å². The average molecular weight is 370 g/mol. The van der Waals surface area contributed by atoms with Crippen molar-refractivity contribution in [3.63, 3.8) is 0 Å². The van der Waals surface area contributed by atoms with Crippen LogP contribution in [0.4, 0.5) is 0 Å². The predicted molar refractivity (Wildman–Crippen MR) is 92.6 cm³/mol. The van der Waals surface area contributed by atoms with Crippen LogP contribution in [-0.2, 0) is 0 Å².